The number of carbonyl (C=O) groups is 1. The molecule has 1 saturated heterocycles. The summed E-state index contributed by atoms with van der Waals surface area (Å²) in [6.07, 6.45) is 1.94. The highest BCUT2D eigenvalue weighted by Crippen LogP contribution is 2.34. The Balaban J connectivity index is 2.99. The van der Waals surface area contributed by atoms with E-state index in [-0.39, 0.29) is 13.0 Å². The van der Waals surface area contributed by atoms with E-state index in [9.17, 15) is 18.3 Å². The zero-order valence-corrected chi connectivity index (χ0v) is 11.1. The van der Waals surface area contributed by atoms with Crippen LogP contribution in [0.5, 0.6) is 0 Å². The molecule has 0 aromatic carbocycles. The Labute approximate surface area is 102 Å². The summed E-state index contributed by atoms with van der Waals surface area (Å²) in [5.74, 6) is -1.06. The number of nitrogens with one attached hydrogen (secondary N) is 1. The molecule has 0 aromatic rings. The summed E-state index contributed by atoms with van der Waals surface area (Å²) in [6, 6.07) is 0. The van der Waals surface area contributed by atoms with Crippen LogP contribution in [0.3, 0.4) is 0 Å². The topological polar surface area (TPSA) is 86.7 Å². The van der Waals surface area contributed by atoms with E-state index in [1.165, 1.54) is 0 Å². The van der Waals surface area contributed by atoms with E-state index in [2.05, 4.69) is 4.72 Å². The average Bonchev–Trinajstić information content (AvgIpc) is 2.72. The van der Waals surface area contributed by atoms with Crippen LogP contribution in [0.1, 0.15) is 39.5 Å². The first kappa shape index (κ1) is 14.4. The summed E-state index contributed by atoms with van der Waals surface area (Å²) >= 11 is 0. The van der Waals surface area contributed by atoms with Gasteiger partial charge in [0.1, 0.15) is 5.54 Å². The molecule has 0 saturated carbocycles. The SMILES string of the molecule is CCCNS(=O)(=O)N1CCCC1(CC)C(=O)O. The summed E-state index contributed by atoms with van der Waals surface area (Å²) in [4.78, 5) is 11.4. The smallest absolute Gasteiger partial charge is 0.325 e. The van der Waals surface area contributed by atoms with E-state index >= 15 is 0 Å². The van der Waals surface area contributed by atoms with Crippen LogP contribution in [0.4, 0.5) is 0 Å². The maximum atomic E-state index is 12.0. The first-order valence-electron chi connectivity index (χ1n) is 5.91. The molecule has 1 aliphatic heterocycles. The van der Waals surface area contributed by atoms with Crippen molar-refractivity contribution < 1.29 is 18.3 Å². The summed E-state index contributed by atoms with van der Waals surface area (Å²) < 4.78 is 27.6. The van der Waals surface area contributed by atoms with Gasteiger partial charge in [-0.15, -0.1) is 0 Å². The summed E-state index contributed by atoms with van der Waals surface area (Å²) in [5, 5.41) is 9.29. The fourth-order valence-corrected chi connectivity index (χ4v) is 3.98. The van der Waals surface area contributed by atoms with Crippen LogP contribution in [-0.4, -0.2) is 42.4 Å². The van der Waals surface area contributed by atoms with Gasteiger partial charge in [0, 0.05) is 13.1 Å². The first-order valence-corrected chi connectivity index (χ1v) is 7.35. The Morgan fingerprint density at radius 2 is 2.12 bits per heavy atom. The van der Waals surface area contributed by atoms with Crippen LogP contribution < -0.4 is 4.72 Å². The average molecular weight is 264 g/mol. The molecule has 1 heterocycles. The number of hydrogen-bond acceptors (Lipinski definition) is 3. The van der Waals surface area contributed by atoms with Crippen molar-refractivity contribution in [2.75, 3.05) is 13.1 Å². The summed E-state index contributed by atoms with van der Waals surface area (Å²) in [7, 11) is -3.68. The van der Waals surface area contributed by atoms with Gasteiger partial charge in [-0.25, -0.2) is 4.72 Å². The van der Waals surface area contributed by atoms with Crippen LogP contribution in [0, 0.1) is 0 Å². The lowest BCUT2D eigenvalue weighted by Gasteiger charge is -2.32. The highest BCUT2D eigenvalue weighted by atomic mass is 32.2. The standard InChI is InChI=1S/C10H20N2O4S/c1-3-7-11-17(15,16)12-8-5-6-10(12,4-2)9(13)14/h11H,3-8H2,1-2H3,(H,13,14). The monoisotopic (exact) mass is 264 g/mol. The molecule has 1 aliphatic rings. The Hall–Kier alpha value is -0.660. The maximum Gasteiger partial charge on any atom is 0.325 e. The highest BCUT2D eigenvalue weighted by Gasteiger charge is 2.51. The van der Waals surface area contributed by atoms with Crippen molar-refractivity contribution in [1.29, 1.82) is 0 Å². The molecule has 1 fully saturated rings. The number of rotatable bonds is 6. The number of carboxylic acid groups (broad SMARTS) is 1. The second kappa shape index (κ2) is 5.32. The lowest BCUT2D eigenvalue weighted by Crippen LogP contribution is -2.55. The van der Waals surface area contributed by atoms with E-state index in [1.54, 1.807) is 6.92 Å². The molecule has 1 unspecified atom stereocenters. The fourth-order valence-electron chi connectivity index (χ4n) is 2.23. The Bertz CT molecular complexity index is 382. The third kappa shape index (κ3) is 2.61. The molecule has 17 heavy (non-hydrogen) atoms. The van der Waals surface area contributed by atoms with Gasteiger partial charge < -0.3 is 5.11 Å². The Morgan fingerprint density at radius 3 is 2.59 bits per heavy atom. The molecule has 0 aromatic heterocycles. The van der Waals surface area contributed by atoms with Crippen molar-refractivity contribution in [2.24, 2.45) is 0 Å². The molecule has 6 nitrogen and oxygen atoms in total. The lowest BCUT2D eigenvalue weighted by molar-refractivity contribution is -0.147. The predicted molar refractivity (Wildman–Crippen MR) is 63.8 cm³/mol. The molecular formula is C10H20N2O4S. The summed E-state index contributed by atoms with van der Waals surface area (Å²) in [5.41, 5.74) is -1.26. The maximum absolute atomic E-state index is 12.0. The largest absolute Gasteiger partial charge is 0.480 e. The molecule has 1 atom stereocenters. The van der Waals surface area contributed by atoms with Gasteiger partial charge >= 0.3 is 5.97 Å². The second-order valence-electron chi connectivity index (χ2n) is 4.27. The number of nitrogens with zero attached hydrogens (tertiary/aromatic N) is 1. The van der Waals surface area contributed by atoms with Crippen molar-refractivity contribution >= 4 is 16.2 Å². The van der Waals surface area contributed by atoms with Crippen LogP contribution in [0.2, 0.25) is 0 Å². The quantitative estimate of drug-likeness (QED) is 0.734. The molecule has 0 amide bonds. The molecule has 0 radical (unpaired) electrons. The summed E-state index contributed by atoms with van der Waals surface area (Å²) in [6.45, 7) is 4.18. The zero-order valence-electron chi connectivity index (χ0n) is 10.3. The van der Waals surface area contributed by atoms with E-state index in [4.69, 9.17) is 0 Å². The minimum atomic E-state index is -3.68. The van der Waals surface area contributed by atoms with Gasteiger partial charge in [0.2, 0.25) is 0 Å². The normalized spacial score (nSPS) is 26.2. The van der Waals surface area contributed by atoms with Crippen LogP contribution in [-0.2, 0) is 15.0 Å². The fraction of sp³-hybridized carbons (Fsp3) is 0.900. The van der Waals surface area contributed by atoms with Gasteiger partial charge in [0.15, 0.2) is 0 Å². The predicted octanol–water partition coefficient (Wildman–Crippen LogP) is 0.560. The lowest BCUT2D eigenvalue weighted by atomic mass is 9.95. The van der Waals surface area contributed by atoms with Gasteiger partial charge in [-0.2, -0.15) is 12.7 Å². The van der Waals surface area contributed by atoms with Gasteiger partial charge in [-0.05, 0) is 25.7 Å². The van der Waals surface area contributed by atoms with E-state index in [0.29, 0.717) is 25.8 Å². The van der Waals surface area contributed by atoms with E-state index in [1.807, 2.05) is 6.92 Å². The van der Waals surface area contributed by atoms with Gasteiger partial charge in [0.25, 0.3) is 10.2 Å². The molecule has 7 heteroatoms. The van der Waals surface area contributed by atoms with Gasteiger partial charge in [-0.3, -0.25) is 4.79 Å². The van der Waals surface area contributed by atoms with Gasteiger partial charge in [-0.1, -0.05) is 13.8 Å². The van der Waals surface area contributed by atoms with Crippen molar-refractivity contribution in [2.45, 2.75) is 45.1 Å². The first-order chi connectivity index (χ1) is 7.90. The molecule has 0 aliphatic carbocycles. The second-order valence-corrected chi connectivity index (χ2v) is 5.94. The molecule has 0 bridgehead atoms. The van der Waals surface area contributed by atoms with E-state index in [0.717, 1.165) is 4.31 Å². The van der Waals surface area contributed by atoms with E-state index < -0.39 is 21.7 Å². The van der Waals surface area contributed by atoms with Crippen LogP contribution in [0.25, 0.3) is 0 Å². The zero-order chi connectivity index (χ0) is 13.1. The third-order valence-electron chi connectivity index (χ3n) is 3.24. The molecular weight excluding hydrogens is 244 g/mol. The Kier molecular flexibility index (Phi) is 4.51. The van der Waals surface area contributed by atoms with Crippen molar-refractivity contribution in [1.82, 2.24) is 9.03 Å². The van der Waals surface area contributed by atoms with Gasteiger partial charge in [0.05, 0.1) is 0 Å². The molecule has 1 rings (SSSR count). The van der Waals surface area contributed by atoms with Crippen LogP contribution in [0.15, 0.2) is 0 Å². The number of carboxylic acids is 1. The minimum Gasteiger partial charge on any atom is -0.480 e. The molecule has 0 spiro atoms. The highest BCUT2D eigenvalue weighted by molar-refractivity contribution is 7.87. The minimum absolute atomic E-state index is 0.277. The van der Waals surface area contributed by atoms with Crippen molar-refractivity contribution in [3.63, 3.8) is 0 Å². The van der Waals surface area contributed by atoms with Crippen LogP contribution >= 0.6 is 0 Å². The molecule has 2 N–H and O–H groups in total. The van der Waals surface area contributed by atoms with Crippen molar-refractivity contribution in [3.05, 3.63) is 0 Å². The number of aliphatic carboxylic acids is 1. The number of hydrogen-bond donors (Lipinski definition) is 2. The Morgan fingerprint density at radius 1 is 1.47 bits per heavy atom. The van der Waals surface area contributed by atoms with Crippen molar-refractivity contribution in [3.8, 4) is 0 Å². The molecule has 100 valence electrons. The third-order valence-corrected chi connectivity index (χ3v) is 4.92.